The second-order valence-electron chi connectivity index (χ2n) is 3.16. The minimum atomic E-state index is -3.84. The molecule has 0 saturated carbocycles. The van der Waals surface area contributed by atoms with Crippen molar-refractivity contribution in [1.29, 1.82) is 0 Å². The van der Waals surface area contributed by atoms with E-state index in [9.17, 15) is 8.42 Å². The van der Waals surface area contributed by atoms with Crippen LogP contribution in [0.15, 0.2) is 33.9 Å². The van der Waals surface area contributed by atoms with E-state index in [1.54, 1.807) is 18.2 Å². The third-order valence-corrected chi connectivity index (χ3v) is 3.46. The number of aromatic nitrogens is 3. The summed E-state index contributed by atoms with van der Waals surface area (Å²) in [6.45, 7) is 0. The van der Waals surface area contributed by atoms with Gasteiger partial charge in [-0.05, 0) is 28.1 Å². The quantitative estimate of drug-likeness (QED) is 0.823. The fraction of sp³-hybridized carbons (Fsp3) is 0. The second kappa shape index (κ2) is 4.09. The van der Waals surface area contributed by atoms with Gasteiger partial charge in [0, 0.05) is 0 Å². The number of benzene rings is 1. The molecule has 90 valence electrons. The number of halogens is 1. The minimum absolute atomic E-state index is 0.0288. The van der Waals surface area contributed by atoms with Gasteiger partial charge in [-0.25, -0.2) is 18.2 Å². The molecule has 0 saturated heterocycles. The van der Waals surface area contributed by atoms with E-state index in [1.165, 1.54) is 10.7 Å². The van der Waals surface area contributed by atoms with Gasteiger partial charge in [0.1, 0.15) is 4.90 Å². The maximum atomic E-state index is 11.4. The van der Waals surface area contributed by atoms with Crippen molar-refractivity contribution in [3.63, 3.8) is 0 Å². The van der Waals surface area contributed by atoms with E-state index in [2.05, 4.69) is 26.0 Å². The number of para-hydroxylation sites is 1. The van der Waals surface area contributed by atoms with Gasteiger partial charge in [-0.15, -0.1) is 5.10 Å². The largest absolute Gasteiger partial charge is 0.366 e. The Balaban J connectivity index is 2.73. The molecule has 0 aliphatic carbocycles. The van der Waals surface area contributed by atoms with E-state index >= 15 is 0 Å². The molecule has 1 heterocycles. The van der Waals surface area contributed by atoms with Gasteiger partial charge in [-0.1, -0.05) is 12.1 Å². The minimum Gasteiger partial charge on any atom is -0.366 e. The Morgan fingerprint density at radius 3 is 2.47 bits per heavy atom. The van der Waals surface area contributed by atoms with E-state index in [-0.39, 0.29) is 16.5 Å². The van der Waals surface area contributed by atoms with Crippen LogP contribution < -0.4 is 10.9 Å². The number of sulfonamides is 1. The highest BCUT2D eigenvalue weighted by Crippen LogP contribution is 2.21. The summed E-state index contributed by atoms with van der Waals surface area (Å²) in [6, 6.07) is 6.17. The molecule has 0 aliphatic heterocycles. The smallest absolute Gasteiger partial charge is 0.240 e. The van der Waals surface area contributed by atoms with Crippen LogP contribution in [0.3, 0.4) is 0 Å². The molecule has 7 nitrogen and oxygen atoms in total. The average molecular weight is 318 g/mol. The number of hydrogen-bond donors (Lipinski definition) is 2. The number of nitrogens with zero attached hydrogens (tertiary/aromatic N) is 3. The summed E-state index contributed by atoms with van der Waals surface area (Å²) in [4.78, 5) is 3.77. The van der Waals surface area contributed by atoms with Crippen LogP contribution in [0.4, 0.5) is 5.95 Å². The predicted molar refractivity (Wildman–Crippen MR) is 64.8 cm³/mol. The third kappa shape index (κ3) is 2.30. The van der Waals surface area contributed by atoms with Crippen molar-refractivity contribution in [3.8, 4) is 5.69 Å². The van der Waals surface area contributed by atoms with Crippen molar-refractivity contribution in [2.45, 2.75) is 4.90 Å². The van der Waals surface area contributed by atoms with E-state index in [0.717, 1.165) is 0 Å². The van der Waals surface area contributed by atoms with Gasteiger partial charge in [0.2, 0.25) is 20.7 Å². The Morgan fingerprint density at radius 1 is 1.29 bits per heavy atom. The van der Waals surface area contributed by atoms with Crippen LogP contribution in [0.5, 0.6) is 0 Å². The molecule has 0 unspecified atom stereocenters. The molecule has 0 spiro atoms. The highest BCUT2D eigenvalue weighted by atomic mass is 79.9. The molecule has 9 heteroatoms. The first-order chi connectivity index (χ1) is 7.89. The van der Waals surface area contributed by atoms with Gasteiger partial charge in [-0.2, -0.15) is 4.98 Å². The zero-order valence-corrected chi connectivity index (χ0v) is 10.8. The summed E-state index contributed by atoms with van der Waals surface area (Å²) in [5, 5.41) is 8.99. The first-order valence-electron chi connectivity index (χ1n) is 4.40. The van der Waals surface area contributed by atoms with Gasteiger partial charge < -0.3 is 5.73 Å². The molecule has 2 aromatic rings. The lowest BCUT2D eigenvalue weighted by Crippen LogP contribution is -2.15. The van der Waals surface area contributed by atoms with Gasteiger partial charge >= 0.3 is 0 Å². The van der Waals surface area contributed by atoms with E-state index < -0.39 is 10.0 Å². The van der Waals surface area contributed by atoms with Gasteiger partial charge in [0.25, 0.3) is 0 Å². The molecule has 0 aliphatic rings. The van der Waals surface area contributed by atoms with Gasteiger partial charge in [-0.3, -0.25) is 0 Å². The molecule has 1 aromatic carbocycles. The first-order valence-corrected chi connectivity index (χ1v) is 6.74. The SMILES string of the molecule is Nc1nc(Br)n(-c2ccccc2S(N)(=O)=O)n1. The van der Waals surface area contributed by atoms with Crippen molar-refractivity contribution in [1.82, 2.24) is 14.8 Å². The molecule has 2 rings (SSSR count). The summed E-state index contributed by atoms with van der Waals surface area (Å²) in [5.41, 5.74) is 5.71. The lowest BCUT2D eigenvalue weighted by molar-refractivity contribution is 0.596. The Labute approximate surface area is 106 Å². The Morgan fingerprint density at radius 2 is 1.94 bits per heavy atom. The van der Waals surface area contributed by atoms with E-state index in [0.29, 0.717) is 4.73 Å². The third-order valence-electron chi connectivity index (χ3n) is 1.98. The highest BCUT2D eigenvalue weighted by Gasteiger charge is 2.17. The molecular weight excluding hydrogens is 310 g/mol. The standard InChI is InChI=1S/C8H8BrN5O2S/c9-7-12-8(10)13-14(7)5-3-1-2-4-6(5)17(11,15)16/h1-4H,(H2,10,13)(H2,11,15,16). The molecule has 4 N–H and O–H groups in total. The van der Waals surface area contributed by atoms with Crippen LogP contribution in [0.1, 0.15) is 0 Å². The number of anilines is 1. The Hall–Kier alpha value is -1.45. The van der Waals surface area contributed by atoms with Crippen LogP contribution in [0, 0.1) is 0 Å². The number of nitrogens with two attached hydrogens (primary N) is 2. The zero-order chi connectivity index (χ0) is 12.6. The predicted octanol–water partition coefficient (Wildman–Crippen LogP) is 0.259. The van der Waals surface area contributed by atoms with Crippen LogP contribution in [0.25, 0.3) is 5.69 Å². The van der Waals surface area contributed by atoms with Crippen LogP contribution in [-0.2, 0) is 10.0 Å². The lowest BCUT2D eigenvalue weighted by Gasteiger charge is -2.07. The number of hydrogen-bond acceptors (Lipinski definition) is 5. The van der Waals surface area contributed by atoms with Crippen molar-refractivity contribution >= 4 is 31.9 Å². The molecule has 0 amide bonds. The Bertz CT molecular complexity index is 666. The molecular formula is C8H8BrN5O2S. The van der Waals surface area contributed by atoms with Crippen molar-refractivity contribution < 1.29 is 8.42 Å². The zero-order valence-electron chi connectivity index (χ0n) is 8.41. The van der Waals surface area contributed by atoms with Crippen molar-refractivity contribution in [2.75, 3.05) is 5.73 Å². The summed E-state index contributed by atoms with van der Waals surface area (Å²) >= 11 is 3.13. The molecule has 0 atom stereocenters. The van der Waals surface area contributed by atoms with Crippen LogP contribution in [-0.4, -0.2) is 23.2 Å². The normalized spacial score (nSPS) is 11.6. The summed E-state index contributed by atoms with van der Waals surface area (Å²) in [5.74, 6) is 0.0288. The van der Waals surface area contributed by atoms with Crippen molar-refractivity contribution in [3.05, 3.63) is 29.0 Å². The van der Waals surface area contributed by atoms with Gasteiger partial charge in [0.15, 0.2) is 0 Å². The first kappa shape index (κ1) is 12.0. The molecule has 0 fully saturated rings. The summed E-state index contributed by atoms with van der Waals surface area (Å²) < 4.78 is 24.4. The number of rotatable bonds is 2. The highest BCUT2D eigenvalue weighted by molar-refractivity contribution is 9.10. The second-order valence-corrected chi connectivity index (χ2v) is 5.40. The average Bonchev–Trinajstić information content (AvgIpc) is 2.56. The fourth-order valence-electron chi connectivity index (χ4n) is 1.33. The molecule has 1 aromatic heterocycles. The molecule has 0 bridgehead atoms. The number of nitrogen functional groups attached to an aromatic ring is 1. The topological polar surface area (TPSA) is 117 Å². The van der Waals surface area contributed by atoms with E-state index in [4.69, 9.17) is 10.9 Å². The molecule has 17 heavy (non-hydrogen) atoms. The summed E-state index contributed by atoms with van der Waals surface area (Å²) in [6.07, 6.45) is 0. The van der Waals surface area contributed by atoms with Gasteiger partial charge in [0.05, 0.1) is 5.69 Å². The summed E-state index contributed by atoms with van der Waals surface area (Å²) in [7, 11) is -3.84. The van der Waals surface area contributed by atoms with E-state index in [1.807, 2.05) is 0 Å². The lowest BCUT2D eigenvalue weighted by atomic mass is 10.3. The maximum Gasteiger partial charge on any atom is 0.240 e. The van der Waals surface area contributed by atoms with Crippen molar-refractivity contribution in [2.24, 2.45) is 5.14 Å². The maximum absolute atomic E-state index is 11.4. The number of primary sulfonamides is 1. The molecule has 0 radical (unpaired) electrons. The van der Waals surface area contributed by atoms with Crippen LogP contribution in [0.2, 0.25) is 0 Å². The van der Waals surface area contributed by atoms with Crippen LogP contribution >= 0.6 is 15.9 Å². The fourth-order valence-corrected chi connectivity index (χ4v) is 2.50. The monoisotopic (exact) mass is 317 g/mol. The Kier molecular flexibility index (Phi) is 2.89.